The summed E-state index contributed by atoms with van der Waals surface area (Å²) in [4.78, 5) is 2.06. The molecule has 3 nitrogen and oxygen atoms in total. The highest BCUT2D eigenvalue weighted by molar-refractivity contribution is 5.45. The van der Waals surface area contributed by atoms with Gasteiger partial charge in [0.15, 0.2) is 0 Å². The predicted molar refractivity (Wildman–Crippen MR) is 89.0 cm³/mol. The quantitative estimate of drug-likeness (QED) is 0.770. The van der Waals surface area contributed by atoms with Crippen LogP contribution in [0, 0.1) is 0 Å². The zero-order chi connectivity index (χ0) is 14.8. The summed E-state index contributed by atoms with van der Waals surface area (Å²) in [5, 5.41) is 6.67. The van der Waals surface area contributed by atoms with Gasteiger partial charge in [0.1, 0.15) is 0 Å². The Balaban J connectivity index is 0.000000286. The SMILES string of the molecule is C=CCN(C)C.CNCC1=CCC=CC2=C1CCNC2. The molecule has 0 unspecified atom stereocenters. The smallest absolute Gasteiger partial charge is 0.0208 e. The van der Waals surface area contributed by atoms with Gasteiger partial charge in [-0.1, -0.05) is 24.3 Å². The number of nitrogens with one attached hydrogen (secondary N) is 2. The third kappa shape index (κ3) is 5.87. The Morgan fingerprint density at radius 1 is 1.45 bits per heavy atom. The van der Waals surface area contributed by atoms with Crippen molar-refractivity contribution < 1.29 is 0 Å². The van der Waals surface area contributed by atoms with Crippen molar-refractivity contribution in [2.45, 2.75) is 12.8 Å². The molecule has 0 fully saturated rings. The van der Waals surface area contributed by atoms with Gasteiger partial charge >= 0.3 is 0 Å². The third-order valence-corrected chi connectivity index (χ3v) is 3.32. The Morgan fingerprint density at radius 2 is 2.25 bits per heavy atom. The number of likely N-dealkylation sites (N-methyl/N-ethyl adjacent to an activating group) is 2. The molecule has 0 aromatic carbocycles. The normalized spacial score (nSPS) is 17.9. The molecular formula is C17H29N3. The van der Waals surface area contributed by atoms with Crippen LogP contribution in [0.25, 0.3) is 0 Å². The average Bonchev–Trinajstić information content (AvgIpc) is 2.63. The maximum absolute atomic E-state index is 3.56. The molecule has 0 aromatic heterocycles. The van der Waals surface area contributed by atoms with E-state index in [9.17, 15) is 0 Å². The van der Waals surface area contributed by atoms with Gasteiger partial charge < -0.3 is 15.5 Å². The van der Waals surface area contributed by atoms with Crippen molar-refractivity contribution in [2.24, 2.45) is 0 Å². The maximum Gasteiger partial charge on any atom is 0.0208 e. The molecule has 2 aliphatic rings. The fourth-order valence-corrected chi connectivity index (χ4v) is 2.40. The van der Waals surface area contributed by atoms with E-state index >= 15 is 0 Å². The van der Waals surface area contributed by atoms with Crippen LogP contribution in [-0.2, 0) is 0 Å². The zero-order valence-electron chi connectivity index (χ0n) is 13.2. The molecule has 1 aliphatic heterocycles. The number of hydrogen-bond acceptors (Lipinski definition) is 3. The highest BCUT2D eigenvalue weighted by Crippen LogP contribution is 2.24. The largest absolute Gasteiger partial charge is 0.316 e. The molecule has 112 valence electrons. The van der Waals surface area contributed by atoms with Gasteiger partial charge in [-0.05, 0) is 57.2 Å². The van der Waals surface area contributed by atoms with Crippen molar-refractivity contribution in [3.05, 3.63) is 47.6 Å². The number of rotatable bonds is 4. The molecule has 1 aliphatic carbocycles. The van der Waals surface area contributed by atoms with Crippen LogP contribution < -0.4 is 10.6 Å². The van der Waals surface area contributed by atoms with Crippen LogP contribution in [-0.4, -0.2) is 52.2 Å². The predicted octanol–water partition coefficient (Wildman–Crippen LogP) is 2.12. The highest BCUT2D eigenvalue weighted by atomic mass is 15.0. The molecule has 0 amide bonds. The molecule has 0 radical (unpaired) electrons. The van der Waals surface area contributed by atoms with E-state index in [1.165, 1.54) is 17.6 Å². The number of allylic oxidation sites excluding steroid dienone is 2. The van der Waals surface area contributed by atoms with Gasteiger partial charge in [0.05, 0.1) is 0 Å². The first-order valence-electron chi connectivity index (χ1n) is 7.38. The fraction of sp³-hybridized carbons (Fsp3) is 0.529. The first kappa shape index (κ1) is 16.9. The fourth-order valence-electron chi connectivity index (χ4n) is 2.40. The first-order chi connectivity index (χ1) is 9.69. The molecule has 1 heterocycles. The molecule has 20 heavy (non-hydrogen) atoms. The van der Waals surface area contributed by atoms with Crippen LogP contribution in [0.3, 0.4) is 0 Å². The molecular weight excluding hydrogens is 246 g/mol. The minimum absolute atomic E-state index is 0.972. The van der Waals surface area contributed by atoms with E-state index in [1.807, 2.05) is 27.2 Å². The third-order valence-electron chi connectivity index (χ3n) is 3.32. The van der Waals surface area contributed by atoms with E-state index in [-0.39, 0.29) is 0 Å². The Morgan fingerprint density at radius 3 is 2.85 bits per heavy atom. The molecule has 3 heteroatoms. The molecule has 0 spiro atoms. The van der Waals surface area contributed by atoms with Crippen LogP contribution in [0.2, 0.25) is 0 Å². The van der Waals surface area contributed by atoms with Crippen molar-refractivity contribution in [1.29, 1.82) is 0 Å². The summed E-state index contributed by atoms with van der Waals surface area (Å²) >= 11 is 0. The monoisotopic (exact) mass is 275 g/mol. The van der Waals surface area contributed by atoms with Gasteiger partial charge in [0.25, 0.3) is 0 Å². The Hall–Kier alpha value is -1.16. The first-order valence-corrected chi connectivity index (χ1v) is 7.38. The Bertz CT molecular complexity index is 389. The summed E-state index contributed by atoms with van der Waals surface area (Å²) in [6, 6.07) is 0. The molecule has 0 saturated heterocycles. The van der Waals surface area contributed by atoms with Gasteiger partial charge in [-0.15, -0.1) is 6.58 Å². The van der Waals surface area contributed by atoms with Crippen LogP contribution >= 0.6 is 0 Å². The van der Waals surface area contributed by atoms with Crippen molar-refractivity contribution in [2.75, 3.05) is 47.3 Å². The molecule has 2 N–H and O–H groups in total. The second kappa shape index (κ2) is 9.70. The van der Waals surface area contributed by atoms with Crippen molar-refractivity contribution in [3.63, 3.8) is 0 Å². The van der Waals surface area contributed by atoms with E-state index < -0.39 is 0 Å². The lowest BCUT2D eigenvalue weighted by Crippen LogP contribution is -2.26. The van der Waals surface area contributed by atoms with Gasteiger partial charge in [0, 0.05) is 19.6 Å². The van der Waals surface area contributed by atoms with E-state index in [4.69, 9.17) is 0 Å². The highest BCUT2D eigenvalue weighted by Gasteiger charge is 2.14. The lowest BCUT2D eigenvalue weighted by atomic mass is 9.94. The van der Waals surface area contributed by atoms with Gasteiger partial charge in [0.2, 0.25) is 0 Å². The van der Waals surface area contributed by atoms with Gasteiger partial charge in [-0.2, -0.15) is 0 Å². The summed E-state index contributed by atoms with van der Waals surface area (Å²) in [7, 11) is 6.05. The second-order valence-corrected chi connectivity index (χ2v) is 5.38. The lowest BCUT2D eigenvalue weighted by molar-refractivity contribution is 0.457. The van der Waals surface area contributed by atoms with Gasteiger partial charge in [-0.3, -0.25) is 0 Å². The van der Waals surface area contributed by atoms with Crippen LogP contribution in [0.4, 0.5) is 0 Å². The standard InChI is InChI=1S/C12H18N2.C5H11N/c1-13-8-10-4-2-3-5-11-9-14-7-6-12(10)11;1-4-5-6(2)3/h3-5,13-14H,2,6-9H2,1H3;4H,1,5H2,2-3H3. The van der Waals surface area contributed by atoms with Crippen LogP contribution in [0.1, 0.15) is 12.8 Å². The summed E-state index contributed by atoms with van der Waals surface area (Å²) in [6.45, 7) is 7.69. The van der Waals surface area contributed by atoms with Crippen LogP contribution in [0.5, 0.6) is 0 Å². The van der Waals surface area contributed by atoms with Gasteiger partial charge in [-0.25, -0.2) is 0 Å². The van der Waals surface area contributed by atoms with E-state index in [0.29, 0.717) is 0 Å². The van der Waals surface area contributed by atoms with E-state index in [2.05, 4.69) is 40.3 Å². The number of nitrogens with zero attached hydrogens (tertiary/aromatic N) is 1. The Labute approximate surface area is 124 Å². The molecule has 0 aromatic rings. The minimum Gasteiger partial charge on any atom is -0.316 e. The Kier molecular flexibility index (Phi) is 8.19. The van der Waals surface area contributed by atoms with Crippen molar-refractivity contribution in [1.82, 2.24) is 15.5 Å². The maximum atomic E-state index is 3.56. The summed E-state index contributed by atoms with van der Waals surface area (Å²) in [5.74, 6) is 0. The molecule has 0 atom stereocenters. The summed E-state index contributed by atoms with van der Waals surface area (Å²) in [6.07, 6.45) is 11.0. The zero-order valence-corrected chi connectivity index (χ0v) is 13.2. The summed E-state index contributed by atoms with van der Waals surface area (Å²) < 4.78 is 0. The molecule has 0 bridgehead atoms. The lowest BCUT2D eigenvalue weighted by Gasteiger charge is -2.21. The second-order valence-electron chi connectivity index (χ2n) is 5.38. The minimum atomic E-state index is 0.972. The summed E-state index contributed by atoms with van der Waals surface area (Å²) in [5.41, 5.74) is 4.54. The average molecular weight is 275 g/mol. The van der Waals surface area contributed by atoms with Crippen LogP contribution in [0.15, 0.2) is 47.6 Å². The van der Waals surface area contributed by atoms with E-state index in [0.717, 1.165) is 32.6 Å². The molecule has 0 saturated carbocycles. The van der Waals surface area contributed by atoms with Crippen molar-refractivity contribution in [3.8, 4) is 0 Å². The number of hydrogen-bond donors (Lipinski definition) is 2. The topological polar surface area (TPSA) is 27.3 Å². The van der Waals surface area contributed by atoms with Crippen molar-refractivity contribution >= 4 is 0 Å². The molecule has 2 rings (SSSR count). The van der Waals surface area contributed by atoms with E-state index in [1.54, 1.807) is 5.57 Å².